The molecule has 4 aliphatic rings. The fraction of sp³-hybridized carbons (Fsp3) is 0.960. The van der Waals surface area contributed by atoms with Gasteiger partial charge in [0, 0.05) is 0 Å². The fourth-order valence-electron chi connectivity index (χ4n) is 5.62. The van der Waals surface area contributed by atoms with Crippen molar-refractivity contribution in [1.82, 2.24) is 0 Å². The minimum absolute atomic E-state index is 0.829. The van der Waals surface area contributed by atoms with E-state index >= 15 is 0 Å². The predicted octanol–water partition coefficient (Wildman–Crippen LogP) is -9.57. The highest BCUT2D eigenvalue weighted by molar-refractivity contribution is 5.75. The van der Waals surface area contributed by atoms with E-state index in [0.717, 1.165) is 7.11 Å². The van der Waals surface area contributed by atoms with E-state index in [1.54, 1.807) is 0 Å². The maximum atomic E-state index is 12.1. The number of aliphatic hydroxyl groups is 13. The second-order valence-electron chi connectivity index (χ2n) is 11.4. The van der Waals surface area contributed by atoms with Crippen LogP contribution in [0.2, 0.25) is 0 Å². The molecule has 22 heteroatoms. The number of carbonyl (C=O) groups is 1. The number of ether oxygens (including phenoxy) is 8. The van der Waals surface area contributed by atoms with E-state index in [2.05, 4.69) is 4.74 Å². The molecule has 47 heavy (non-hydrogen) atoms. The molecular formula is C25H42O22. The Morgan fingerprint density at radius 3 is 1.51 bits per heavy atom. The van der Waals surface area contributed by atoms with Crippen molar-refractivity contribution in [2.24, 2.45) is 0 Å². The summed E-state index contributed by atoms with van der Waals surface area (Å²) in [6.45, 7) is -2.70. The molecule has 4 fully saturated rings. The van der Waals surface area contributed by atoms with Gasteiger partial charge in [0.05, 0.1) is 26.9 Å². The normalized spacial score (nSPS) is 51.0. The van der Waals surface area contributed by atoms with Crippen LogP contribution < -0.4 is 0 Å². The Morgan fingerprint density at radius 1 is 0.489 bits per heavy atom. The number of esters is 1. The lowest BCUT2D eigenvalue weighted by Gasteiger charge is -2.49. The van der Waals surface area contributed by atoms with Gasteiger partial charge >= 0.3 is 5.97 Å². The maximum Gasteiger partial charge on any atom is 0.337 e. The molecule has 0 amide bonds. The summed E-state index contributed by atoms with van der Waals surface area (Å²) in [5, 5.41) is 134. The van der Waals surface area contributed by atoms with Crippen molar-refractivity contribution in [3.05, 3.63) is 0 Å². The van der Waals surface area contributed by atoms with Gasteiger partial charge in [0.2, 0.25) is 0 Å². The number of hydrogen-bond donors (Lipinski definition) is 13. The molecule has 0 aliphatic carbocycles. The van der Waals surface area contributed by atoms with Crippen molar-refractivity contribution >= 4 is 5.97 Å². The smallest absolute Gasteiger partial charge is 0.337 e. The molecular weight excluding hydrogens is 652 g/mol. The van der Waals surface area contributed by atoms with Crippen molar-refractivity contribution < 1.29 is 109 Å². The molecule has 0 unspecified atom stereocenters. The molecule has 4 saturated heterocycles. The van der Waals surface area contributed by atoms with Crippen LogP contribution in [0.1, 0.15) is 0 Å². The van der Waals surface area contributed by atoms with E-state index in [1.165, 1.54) is 0 Å². The van der Waals surface area contributed by atoms with Gasteiger partial charge in [-0.2, -0.15) is 0 Å². The van der Waals surface area contributed by atoms with Crippen molar-refractivity contribution in [3.8, 4) is 0 Å². The molecule has 0 bridgehead atoms. The third-order valence-electron chi connectivity index (χ3n) is 8.36. The first-order chi connectivity index (χ1) is 22.2. The topological polar surface area (TPSA) is 354 Å². The van der Waals surface area contributed by atoms with E-state index in [1.807, 2.05) is 0 Å². The molecule has 22 nitrogen and oxygen atoms in total. The van der Waals surface area contributed by atoms with E-state index in [-0.39, 0.29) is 0 Å². The van der Waals surface area contributed by atoms with Crippen LogP contribution in [0.4, 0.5) is 0 Å². The Morgan fingerprint density at radius 2 is 0.957 bits per heavy atom. The van der Waals surface area contributed by atoms with Gasteiger partial charge in [-0.1, -0.05) is 0 Å². The largest absolute Gasteiger partial charge is 0.467 e. The molecule has 0 spiro atoms. The summed E-state index contributed by atoms with van der Waals surface area (Å²) < 4.78 is 42.6. The summed E-state index contributed by atoms with van der Waals surface area (Å²) in [6.07, 6.45) is -37.8. The second-order valence-corrected chi connectivity index (χ2v) is 11.4. The highest BCUT2D eigenvalue weighted by Gasteiger charge is 2.56. The van der Waals surface area contributed by atoms with Crippen LogP contribution in [-0.4, -0.2) is 222 Å². The highest BCUT2D eigenvalue weighted by atomic mass is 16.8. The van der Waals surface area contributed by atoms with Gasteiger partial charge < -0.3 is 104 Å². The lowest BCUT2D eigenvalue weighted by molar-refractivity contribution is -0.392. The quantitative estimate of drug-likeness (QED) is 0.0944. The average Bonchev–Trinajstić information content (AvgIpc) is 3.06. The average molecular weight is 695 g/mol. The summed E-state index contributed by atoms with van der Waals surface area (Å²) in [6, 6.07) is 0. The zero-order chi connectivity index (χ0) is 34.9. The van der Waals surface area contributed by atoms with E-state index < -0.39 is 149 Å². The first-order valence-corrected chi connectivity index (χ1v) is 14.5. The standard InChI is InChI=1S/C25H42O22/c1-40-22(39)20-12(33)11(32)14(35)24(47-20)46-19-15(36)21(38)41-7(4-28)17(19)44-25-16(37)18(9(30)6(3-27)43-25)45-23-13(34)10(31)8(29)5(2-26)42-23/h5-21,23-38H,2-4H2,1H3/t5-,6-,7-,8-,9-,10+,11+,12+,13-,14-,15+,16-,17-,18+,19-,20+,21-,23-,24+,25+/m1/s1. The number of hydrogen-bond acceptors (Lipinski definition) is 22. The summed E-state index contributed by atoms with van der Waals surface area (Å²) in [7, 11) is 0.945. The fourth-order valence-corrected chi connectivity index (χ4v) is 5.62. The summed E-state index contributed by atoms with van der Waals surface area (Å²) in [5.74, 6) is -1.18. The zero-order valence-corrected chi connectivity index (χ0v) is 24.7. The second kappa shape index (κ2) is 16.1. The summed E-state index contributed by atoms with van der Waals surface area (Å²) in [5.41, 5.74) is 0. The van der Waals surface area contributed by atoms with E-state index in [4.69, 9.17) is 33.2 Å². The Kier molecular flexibility index (Phi) is 13.2. The molecule has 13 N–H and O–H groups in total. The Balaban J connectivity index is 1.59. The van der Waals surface area contributed by atoms with Crippen LogP contribution >= 0.6 is 0 Å². The van der Waals surface area contributed by atoms with Gasteiger partial charge in [-0.25, -0.2) is 4.79 Å². The molecule has 0 aromatic carbocycles. The van der Waals surface area contributed by atoms with E-state index in [9.17, 15) is 71.2 Å². The molecule has 274 valence electrons. The van der Waals surface area contributed by atoms with Gasteiger partial charge in [-0.05, 0) is 0 Å². The molecule has 0 saturated carbocycles. The number of carbonyl (C=O) groups excluding carboxylic acids is 1. The maximum absolute atomic E-state index is 12.1. The van der Waals surface area contributed by atoms with Crippen LogP contribution in [0, 0.1) is 0 Å². The van der Waals surface area contributed by atoms with E-state index in [0.29, 0.717) is 0 Å². The highest BCUT2D eigenvalue weighted by Crippen LogP contribution is 2.34. The molecule has 0 aromatic heterocycles. The molecule has 4 heterocycles. The van der Waals surface area contributed by atoms with Crippen LogP contribution in [0.15, 0.2) is 0 Å². The molecule has 4 rings (SSSR count). The first-order valence-electron chi connectivity index (χ1n) is 14.5. The molecule has 20 atom stereocenters. The van der Waals surface area contributed by atoms with Crippen molar-refractivity contribution in [2.45, 2.75) is 123 Å². The minimum Gasteiger partial charge on any atom is -0.467 e. The van der Waals surface area contributed by atoms with Crippen LogP contribution in [-0.2, 0) is 42.7 Å². The van der Waals surface area contributed by atoms with Gasteiger partial charge in [0.25, 0.3) is 0 Å². The van der Waals surface area contributed by atoms with Gasteiger partial charge in [0.1, 0.15) is 91.6 Å². The Labute approximate surface area is 265 Å². The minimum atomic E-state index is -2.08. The first kappa shape index (κ1) is 38.5. The summed E-state index contributed by atoms with van der Waals surface area (Å²) in [4.78, 5) is 12.1. The Hall–Kier alpha value is -1.33. The number of rotatable bonds is 10. The van der Waals surface area contributed by atoms with Gasteiger partial charge in [-0.3, -0.25) is 0 Å². The Bertz CT molecular complexity index is 1010. The summed E-state index contributed by atoms with van der Waals surface area (Å²) >= 11 is 0. The third-order valence-corrected chi connectivity index (χ3v) is 8.36. The number of aliphatic hydroxyl groups excluding tert-OH is 13. The third kappa shape index (κ3) is 7.72. The lowest BCUT2D eigenvalue weighted by atomic mass is 9.95. The van der Waals surface area contributed by atoms with Gasteiger partial charge in [-0.15, -0.1) is 0 Å². The van der Waals surface area contributed by atoms with Crippen LogP contribution in [0.25, 0.3) is 0 Å². The predicted molar refractivity (Wildman–Crippen MR) is 139 cm³/mol. The van der Waals surface area contributed by atoms with Gasteiger partial charge in [0.15, 0.2) is 31.3 Å². The molecule has 0 aromatic rings. The van der Waals surface area contributed by atoms with Crippen LogP contribution in [0.5, 0.6) is 0 Å². The zero-order valence-electron chi connectivity index (χ0n) is 24.7. The SMILES string of the molecule is COC(=O)[C@H]1O[C@H](O[C@@H]2[C@H](O)[C@H](O)O[C@H](CO)[C@H]2O[C@@H]2O[C@H](CO)[C@@H](O)[C@H](O[C@H]3O[C@H](CO)[C@@H](O)[C@H](O)[C@H]3O)[C@H]2O)[C@H](O)[C@@H](O)[C@@H]1O. The number of methoxy groups -OCH3 is 1. The molecule has 4 aliphatic heterocycles. The lowest BCUT2D eigenvalue weighted by Crippen LogP contribution is -2.68. The van der Waals surface area contributed by atoms with Crippen molar-refractivity contribution in [2.75, 3.05) is 26.9 Å². The van der Waals surface area contributed by atoms with Crippen LogP contribution in [0.3, 0.4) is 0 Å². The van der Waals surface area contributed by atoms with Crippen molar-refractivity contribution in [3.63, 3.8) is 0 Å². The molecule has 0 radical (unpaired) electrons. The van der Waals surface area contributed by atoms with Crippen molar-refractivity contribution in [1.29, 1.82) is 0 Å². The monoisotopic (exact) mass is 694 g/mol.